The second-order valence-corrected chi connectivity index (χ2v) is 10.7. The number of fused-ring (bicyclic) bond motifs is 2. The maximum absolute atomic E-state index is 11.7. The third-order valence-electron chi connectivity index (χ3n) is 8.27. The second kappa shape index (κ2) is 7.91. The first-order chi connectivity index (χ1) is 14.9. The number of carbonyl (C=O) groups excluding carboxylic acids is 1. The van der Waals surface area contributed by atoms with Gasteiger partial charge in [0.2, 0.25) is 0 Å². The predicted octanol–water partition coefficient (Wildman–Crippen LogP) is 4.71. The molecule has 32 heavy (non-hydrogen) atoms. The molecular formula is C26H34O6. The number of hydrogen-bond donors (Lipinski definition) is 1. The lowest BCUT2D eigenvalue weighted by atomic mass is 9.45. The van der Waals surface area contributed by atoms with Crippen LogP contribution in [0.25, 0.3) is 11.0 Å². The maximum Gasteiger partial charge on any atom is 0.336 e. The lowest BCUT2D eigenvalue weighted by Gasteiger charge is -2.62. The third-order valence-corrected chi connectivity index (χ3v) is 8.27. The Kier molecular flexibility index (Phi) is 5.64. The van der Waals surface area contributed by atoms with Gasteiger partial charge in [-0.15, -0.1) is 0 Å². The fraction of sp³-hybridized carbons (Fsp3) is 0.615. The van der Waals surface area contributed by atoms with Crippen LogP contribution in [0.15, 0.2) is 39.5 Å². The summed E-state index contributed by atoms with van der Waals surface area (Å²) in [4.78, 5) is 23.2. The highest BCUT2D eigenvalue weighted by atomic mass is 16.5. The summed E-state index contributed by atoms with van der Waals surface area (Å²) >= 11 is 0. The van der Waals surface area contributed by atoms with Crippen LogP contribution in [0.1, 0.15) is 60.3 Å². The highest BCUT2D eigenvalue weighted by Gasteiger charge is 2.61. The Labute approximate surface area is 188 Å². The van der Waals surface area contributed by atoms with Crippen molar-refractivity contribution in [1.29, 1.82) is 0 Å². The van der Waals surface area contributed by atoms with Crippen LogP contribution in [-0.4, -0.2) is 29.4 Å². The molecule has 0 bridgehead atoms. The maximum atomic E-state index is 11.7. The normalized spacial score (nSPS) is 34.0. The van der Waals surface area contributed by atoms with Crippen molar-refractivity contribution in [3.05, 3.63) is 40.8 Å². The molecule has 0 amide bonds. The summed E-state index contributed by atoms with van der Waals surface area (Å²) < 4.78 is 17.2. The van der Waals surface area contributed by atoms with E-state index in [1.807, 2.05) is 19.1 Å². The molecule has 6 nitrogen and oxygen atoms in total. The number of esters is 1. The molecule has 2 aliphatic rings. The van der Waals surface area contributed by atoms with E-state index in [4.69, 9.17) is 13.9 Å². The molecule has 1 heterocycles. The van der Waals surface area contributed by atoms with Gasteiger partial charge >= 0.3 is 11.6 Å². The van der Waals surface area contributed by atoms with Crippen LogP contribution in [0, 0.1) is 22.7 Å². The Hall–Kier alpha value is -2.34. The number of ether oxygens (including phenoxy) is 2. The Morgan fingerprint density at radius 1 is 1.12 bits per heavy atom. The molecule has 2 saturated carbocycles. The Bertz CT molecular complexity index is 1070. The summed E-state index contributed by atoms with van der Waals surface area (Å²) in [6.07, 6.45) is 3.06. The molecule has 0 unspecified atom stereocenters. The van der Waals surface area contributed by atoms with E-state index < -0.39 is 11.2 Å². The van der Waals surface area contributed by atoms with E-state index in [0.717, 1.165) is 24.6 Å². The molecule has 6 heteroatoms. The van der Waals surface area contributed by atoms with Crippen LogP contribution in [0.4, 0.5) is 0 Å². The topological polar surface area (TPSA) is 86.0 Å². The van der Waals surface area contributed by atoms with Crippen molar-refractivity contribution in [3.8, 4) is 5.75 Å². The van der Waals surface area contributed by atoms with Crippen LogP contribution >= 0.6 is 0 Å². The van der Waals surface area contributed by atoms with Crippen molar-refractivity contribution in [1.82, 2.24) is 0 Å². The molecule has 0 radical (unpaired) electrons. The van der Waals surface area contributed by atoms with Crippen molar-refractivity contribution in [2.45, 2.75) is 72.0 Å². The van der Waals surface area contributed by atoms with E-state index in [0.29, 0.717) is 24.4 Å². The van der Waals surface area contributed by atoms with E-state index in [1.165, 1.54) is 13.0 Å². The summed E-state index contributed by atoms with van der Waals surface area (Å²) in [6.45, 7) is 10.4. The molecule has 4 rings (SSSR count). The highest BCUT2D eigenvalue weighted by Crippen LogP contribution is 2.62. The Morgan fingerprint density at radius 2 is 1.84 bits per heavy atom. The predicted molar refractivity (Wildman–Crippen MR) is 121 cm³/mol. The van der Waals surface area contributed by atoms with Crippen molar-refractivity contribution in [3.63, 3.8) is 0 Å². The molecule has 1 aromatic heterocycles. The van der Waals surface area contributed by atoms with Crippen LogP contribution < -0.4 is 10.4 Å². The molecule has 2 aromatic rings. The molecule has 1 aromatic carbocycles. The third kappa shape index (κ3) is 3.94. The minimum absolute atomic E-state index is 0.0928. The van der Waals surface area contributed by atoms with E-state index in [2.05, 4.69) is 20.8 Å². The van der Waals surface area contributed by atoms with Gasteiger partial charge in [-0.05, 0) is 62.1 Å². The summed E-state index contributed by atoms with van der Waals surface area (Å²) in [5.74, 6) is 0.569. The molecule has 2 fully saturated rings. The molecule has 174 valence electrons. The summed E-state index contributed by atoms with van der Waals surface area (Å²) in [5.41, 5.74) is -1.13. The minimum atomic E-state index is -0.862. The van der Waals surface area contributed by atoms with E-state index in [-0.39, 0.29) is 34.7 Å². The zero-order valence-corrected chi connectivity index (χ0v) is 19.6. The number of rotatable bonds is 4. The molecule has 0 saturated heterocycles. The zero-order valence-electron chi connectivity index (χ0n) is 19.6. The van der Waals surface area contributed by atoms with Gasteiger partial charge in [0.1, 0.15) is 17.4 Å². The van der Waals surface area contributed by atoms with Gasteiger partial charge in [-0.25, -0.2) is 4.79 Å². The van der Waals surface area contributed by atoms with Crippen molar-refractivity contribution < 1.29 is 23.8 Å². The quantitative estimate of drug-likeness (QED) is 0.545. The fourth-order valence-electron chi connectivity index (χ4n) is 6.59. The molecular weight excluding hydrogens is 408 g/mol. The number of aliphatic hydroxyl groups is 1. The van der Waals surface area contributed by atoms with E-state index in [1.54, 1.807) is 12.1 Å². The summed E-state index contributed by atoms with van der Waals surface area (Å²) in [7, 11) is 0. The van der Waals surface area contributed by atoms with Crippen LogP contribution in [0.5, 0.6) is 5.75 Å². The Morgan fingerprint density at radius 3 is 2.56 bits per heavy atom. The minimum Gasteiger partial charge on any atom is -0.493 e. The van der Waals surface area contributed by atoms with Crippen LogP contribution in [0.2, 0.25) is 0 Å². The molecule has 2 aliphatic carbocycles. The lowest BCUT2D eigenvalue weighted by molar-refractivity contribution is -0.210. The van der Waals surface area contributed by atoms with Gasteiger partial charge in [0.15, 0.2) is 0 Å². The van der Waals surface area contributed by atoms with E-state index in [9.17, 15) is 14.7 Å². The van der Waals surface area contributed by atoms with Crippen LogP contribution in [0.3, 0.4) is 0 Å². The van der Waals surface area contributed by atoms with Crippen molar-refractivity contribution in [2.75, 3.05) is 6.61 Å². The van der Waals surface area contributed by atoms with Gasteiger partial charge in [0, 0.05) is 35.8 Å². The highest BCUT2D eigenvalue weighted by molar-refractivity contribution is 5.77. The van der Waals surface area contributed by atoms with Gasteiger partial charge in [0.05, 0.1) is 12.2 Å². The van der Waals surface area contributed by atoms with Crippen molar-refractivity contribution >= 4 is 16.9 Å². The van der Waals surface area contributed by atoms with Crippen LogP contribution in [-0.2, 0) is 9.53 Å². The van der Waals surface area contributed by atoms with Gasteiger partial charge < -0.3 is 19.0 Å². The lowest BCUT2D eigenvalue weighted by Crippen LogP contribution is -2.62. The average molecular weight is 443 g/mol. The smallest absolute Gasteiger partial charge is 0.336 e. The number of benzene rings is 1. The first-order valence-electron chi connectivity index (χ1n) is 11.5. The van der Waals surface area contributed by atoms with Gasteiger partial charge in [-0.2, -0.15) is 0 Å². The summed E-state index contributed by atoms with van der Waals surface area (Å²) in [5, 5.41) is 12.2. The first-order valence-corrected chi connectivity index (χ1v) is 11.5. The molecule has 0 aliphatic heterocycles. The standard InChI is InChI=1S/C26H34O6/c1-16(27)31-22-11-12-25(4)20(24(22,2)3)10-13-26(5,29)21(25)15-30-18-8-6-17-7-9-23(28)32-19(17)14-18/h6-9,14,20-22,29H,10-13,15H2,1-5H3/t20-,21+,22-,25-,26-/m0/s1. The fourth-order valence-corrected chi connectivity index (χ4v) is 6.59. The average Bonchev–Trinajstić information content (AvgIpc) is 2.68. The van der Waals surface area contributed by atoms with Gasteiger partial charge in [-0.1, -0.05) is 20.8 Å². The largest absolute Gasteiger partial charge is 0.493 e. The number of hydrogen-bond acceptors (Lipinski definition) is 6. The van der Waals surface area contributed by atoms with E-state index >= 15 is 0 Å². The van der Waals surface area contributed by atoms with Gasteiger partial charge in [0.25, 0.3) is 0 Å². The molecule has 0 spiro atoms. The van der Waals surface area contributed by atoms with Gasteiger partial charge in [-0.3, -0.25) is 4.79 Å². The zero-order chi connectivity index (χ0) is 23.3. The first kappa shape index (κ1) is 22.8. The molecule has 1 N–H and O–H groups in total. The second-order valence-electron chi connectivity index (χ2n) is 10.7. The van der Waals surface area contributed by atoms with Crippen molar-refractivity contribution in [2.24, 2.45) is 22.7 Å². The SMILES string of the molecule is CC(=O)O[C@H]1CC[C@]2(C)[C@@H](COc3ccc4ccc(=O)oc4c3)[C@@](C)(O)CC[C@H]2C1(C)C. The molecule has 5 atom stereocenters. The monoisotopic (exact) mass is 442 g/mol. The summed E-state index contributed by atoms with van der Waals surface area (Å²) in [6, 6.07) is 8.59. The number of carbonyl (C=O) groups is 1. The Balaban J connectivity index is 1.59.